The van der Waals surface area contributed by atoms with E-state index in [2.05, 4.69) is 11.8 Å². The molecule has 37 heavy (non-hydrogen) atoms. The Balaban J connectivity index is 1.56. The molecular formula is C31H34ClNO4. The van der Waals surface area contributed by atoms with Gasteiger partial charge in [0.05, 0.1) is 6.61 Å². The SMILES string of the molecule is CCCN1C2=C(C(=O)CCC2)C(c2ccc(OCc3ccc(Cl)cc3)c(OCC)c2)C2=C1CCCC2=O. The van der Waals surface area contributed by atoms with Gasteiger partial charge in [0.15, 0.2) is 23.1 Å². The molecule has 0 unspecified atom stereocenters. The van der Waals surface area contributed by atoms with Crippen LogP contribution < -0.4 is 9.47 Å². The van der Waals surface area contributed by atoms with Crippen molar-refractivity contribution in [2.24, 2.45) is 0 Å². The molecule has 0 amide bonds. The van der Waals surface area contributed by atoms with Gasteiger partial charge in [-0.05, 0) is 74.4 Å². The summed E-state index contributed by atoms with van der Waals surface area (Å²) in [4.78, 5) is 29.1. The maximum absolute atomic E-state index is 13.4. The largest absolute Gasteiger partial charge is 0.490 e. The normalized spacial score (nSPS) is 18.2. The summed E-state index contributed by atoms with van der Waals surface area (Å²) in [6, 6.07) is 13.4. The molecule has 1 aliphatic heterocycles. The summed E-state index contributed by atoms with van der Waals surface area (Å²) in [6.07, 6.45) is 5.52. The van der Waals surface area contributed by atoms with E-state index < -0.39 is 0 Å². The number of halogens is 1. The molecule has 6 heteroatoms. The molecule has 1 heterocycles. The lowest BCUT2D eigenvalue weighted by atomic mass is 9.71. The summed E-state index contributed by atoms with van der Waals surface area (Å²) in [5.74, 6) is 1.25. The average molecular weight is 520 g/mol. The fraction of sp³-hybridized carbons (Fsp3) is 0.419. The van der Waals surface area contributed by atoms with E-state index in [0.717, 1.165) is 72.3 Å². The summed E-state index contributed by atoms with van der Waals surface area (Å²) in [7, 11) is 0. The number of ether oxygens (including phenoxy) is 2. The number of allylic oxidation sites excluding steroid dienone is 4. The number of Topliss-reactive ketones (excluding diaryl/α,β-unsaturated/α-hetero) is 2. The second-order valence-corrected chi connectivity index (χ2v) is 10.3. The molecule has 5 nitrogen and oxygen atoms in total. The third-order valence-electron chi connectivity index (χ3n) is 7.44. The van der Waals surface area contributed by atoms with Crippen molar-refractivity contribution in [1.82, 2.24) is 4.90 Å². The monoisotopic (exact) mass is 519 g/mol. The van der Waals surface area contributed by atoms with Crippen LogP contribution in [0.4, 0.5) is 0 Å². The molecule has 2 aliphatic carbocycles. The summed E-state index contributed by atoms with van der Waals surface area (Å²) in [5, 5.41) is 0.685. The smallest absolute Gasteiger partial charge is 0.161 e. The third kappa shape index (κ3) is 5.06. The van der Waals surface area contributed by atoms with Gasteiger partial charge in [0.2, 0.25) is 0 Å². The van der Waals surface area contributed by atoms with E-state index in [1.165, 1.54) is 0 Å². The quantitative estimate of drug-likeness (QED) is 0.371. The van der Waals surface area contributed by atoms with Gasteiger partial charge in [-0.3, -0.25) is 9.59 Å². The lowest BCUT2D eigenvalue weighted by Gasteiger charge is -2.44. The van der Waals surface area contributed by atoms with Crippen molar-refractivity contribution in [3.05, 3.63) is 81.2 Å². The van der Waals surface area contributed by atoms with Crippen LogP contribution in [0, 0.1) is 0 Å². The van der Waals surface area contributed by atoms with Crippen molar-refractivity contribution in [3.8, 4) is 11.5 Å². The van der Waals surface area contributed by atoms with Gasteiger partial charge in [0.25, 0.3) is 0 Å². The maximum Gasteiger partial charge on any atom is 0.161 e. The molecule has 0 saturated carbocycles. The molecular weight excluding hydrogens is 486 g/mol. The zero-order chi connectivity index (χ0) is 25.9. The predicted molar refractivity (Wildman–Crippen MR) is 145 cm³/mol. The van der Waals surface area contributed by atoms with E-state index in [0.29, 0.717) is 42.6 Å². The van der Waals surface area contributed by atoms with E-state index in [9.17, 15) is 9.59 Å². The standard InChI is InChI=1S/C31H34ClNO4/c1-3-17-33-23-7-5-9-25(34)30(23)29(31-24(33)8-6-10-26(31)35)21-13-16-27(28(18-21)36-4-2)37-19-20-11-14-22(32)15-12-20/h11-16,18,29H,3-10,17,19H2,1-2H3. The molecule has 0 aromatic heterocycles. The summed E-state index contributed by atoms with van der Waals surface area (Å²) in [6.45, 7) is 5.80. The van der Waals surface area contributed by atoms with E-state index in [1.807, 2.05) is 49.4 Å². The van der Waals surface area contributed by atoms with Gasteiger partial charge in [-0.25, -0.2) is 0 Å². The molecule has 2 aromatic rings. The van der Waals surface area contributed by atoms with Crippen LogP contribution in [0.25, 0.3) is 0 Å². The van der Waals surface area contributed by atoms with Gasteiger partial charge >= 0.3 is 0 Å². The van der Waals surface area contributed by atoms with Crippen molar-refractivity contribution in [2.75, 3.05) is 13.2 Å². The molecule has 3 aliphatic rings. The lowest BCUT2D eigenvalue weighted by molar-refractivity contribution is -0.117. The van der Waals surface area contributed by atoms with Crippen LogP contribution in [-0.2, 0) is 16.2 Å². The number of ketones is 2. The minimum Gasteiger partial charge on any atom is -0.490 e. The minimum absolute atomic E-state index is 0.165. The molecule has 0 bridgehead atoms. The van der Waals surface area contributed by atoms with Crippen LogP contribution in [0.5, 0.6) is 11.5 Å². The number of benzene rings is 2. The van der Waals surface area contributed by atoms with E-state index in [1.54, 1.807) is 0 Å². The molecule has 0 radical (unpaired) electrons. The second-order valence-electron chi connectivity index (χ2n) is 9.91. The van der Waals surface area contributed by atoms with Gasteiger partial charge < -0.3 is 14.4 Å². The summed E-state index contributed by atoms with van der Waals surface area (Å²) in [5.41, 5.74) is 5.79. The van der Waals surface area contributed by atoms with Crippen LogP contribution in [0.3, 0.4) is 0 Å². The van der Waals surface area contributed by atoms with Crippen molar-refractivity contribution in [2.45, 2.75) is 71.3 Å². The Morgan fingerprint density at radius 1 is 0.838 bits per heavy atom. The van der Waals surface area contributed by atoms with Gasteiger partial charge in [-0.15, -0.1) is 0 Å². The van der Waals surface area contributed by atoms with Crippen LogP contribution in [0.1, 0.15) is 75.8 Å². The Bertz CT molecular complexity index is 1220. The molecule has 0 atom stereocenters. The summed E-state index contributed by atoms with van der Waals surface area (Å²) < 4.78 is 12.1. The Labute approximate surface area is 224 Å². The highest BCUT2D eigenvalue weighted by molar-refractivity contribution is 6.30. The zero-order valence-electron chi connectivity index (χ0n) is 21.6. The number of hydrogen-bond acceptors (Lipinski definition) is 5. The predicted octanol–water partition coefficient (Wildman–Crippen LogP) is 7.14. The van der Waals surface area contributed by atoms with Crippen molar-refractivity contribution >= 4 is 23.2 Å². The number of carbonyl (C=O) groups is 2. The first-order chi connectivity index (χ1) is 18.0. The maximum atomic E-state index is 13.4. The van der Waals surface area contributed by atoms with Crippen LogP contribution in [0.2, 0.25) is 5.02 Å². The van der Waals surface area contributed by atoms with Crippen LogP contribution in [0.15, 0.2) is 65.0 Å². The first-order valence-electron chi connectivity index (χ1n) is 13.5. The van der Waals surface area contributed by atoms with Crippen LogP contribution >= 0.6 is 11.6 Å². The second kappa shape index (κ2) is 11.1. The third-order valence-corrected chi connectivity index (χ3v) is 7.69. The van der Waals surface area contributed by atoms with Crippen molar-refractivity contribution < 1.29 is 19.1 Å². The number of hydrogen-bond donors (Lipinski definition) is 0. The summed E-state index contributed by atoms with van der Waals surface area (Å²) >= 11 is 6.01. The molecule has 0 spiro atoms. The zero-order valence-corrected chi connectivity index (χ0v) is 22.4. The Morgan fingerprint density at radius 2 is 1.49 bits per heavy atom. The number of carbonyl (C=O) groups excluding carboxylic acids is 2. The van der Waals surface area contributed by atoms with Gasteiger partial charge in [0.1, 0.15) is 6.61 Å². The molecule has 0 saturated heterocycles. The first kappa shape index (κ1) is 25.6. The van der Waals surface area contributed by atoms with E-state index >= 15 is 0 Å². The Kier molecular flexibility index (Phi) is 7.71. The van der Waals surface area contributed by atoms with Gasteiger partial charge in [0, 0.05) is 52.9 Å². The van der Waals surface area contributed by atoms with E-state index in [4.69, 9.17) is 21.1 Å². The molecule has 5 rings (SSSR count). The van der Waals surface area contributed by atoms with Crippen molar-refractivity contribution in [3.63, 3.8) is 0 Å². The molecule has 2 aromatic carbocycles. The number of nitrogens with zero attached hydrogens (tertiary/aromatic N) is 1. The fourth-order valence-corrected chi connectivity index (χ4v) is 6.00. The first-order valence-corrected chi connectivity index (χ1v) is 13.8. The highest BCUT2D eigenvalue weighted by Gasteiger charge is 2.43. The highest BCUT2D eigenvalue weighted by atomic mass is 35.5. The topological polar surface area (TPSA) is 55.8 Å². The van der Waals surface area contributed by atoms with Gasteiger partial charge in [-0.1, -0.05) is 36.7 Å². The highest BCUT2D eigenvalue weighted by Crippen LogP contribution is 2.50. The Morgan fingerprint density at radius 3 is 2.08 bits per heavy atom. The average Bonchev–Trinajstić information content (AvgIpc) is 2.90. The van der Waals surface area contributed by atoms with Crippen LogP contribution in [-0.4, -0.2) is 29.6 Å². The number of rotatable bonds is 8. The molecule has 194 valence electrons. The van der Waals surface area contributed by atoms with E-state index in [-0.39, 0.29) is 17.5 Å². The van der Waals surface area contributed by atoms with Crippen molar-refractivity contribution in [1.29, 1.82) is 0 Å². The minimum atomic E-state index is -0.344. The Hall–Kier alpha value is -3.05. The molecule has 0 N–H and O–H groups in total. The lowest BCUT2D eigenvalue weighted by Crippen LogP contribution is -2.39. The molecule has 0 fully saturated rings. The van der Waals surface area contributed by atoms with Gasteiger partial charge in [-0.2, -0.15) is 0 Å². The fourth-order valence-electron chi connectivity index (χ4n) is 5.88.